The predicted molar refractivity (Wildman–Crippen MR) is 83.2 cm³/mol. The minimum atomic E-state index is -4.02. The lowest BCUT2D eigenvalue weighted by Crippen LogP contribution is -2.35. The summed E-state index contributed by atoms with van der Waals surface area (Å²) >= 11 is 5.78. The number of halogens is 1. The summed E-state index contributed by atoms with van der Waals surface area (Å²) in [5, 5.41) is 7.00. The first-order valence-electron chi connectivity index (χ1n) is 7.32. The number of nitrogens with two attached hydrogens (primary N) is 1. The highest BCUT2D eigenvalue weighted by atomic mass is 35.5. The molecule has 1 heterocycles. The lowest BCUT2D eigenvalue weighted by atomic mass is 9.82. The largest absolute Gasteiger partial charge is 0.431 e. The van der Waals surface area contributed by atoms with Gasteiger partial charge in [0.05, 0.1) is 5.56 Å². The summed E-state index contributed by atoms with van der Waals surface area (Å²) in [6.07, 6.45) is 6.91. The summed E-state index contributed by atoms with van der Waals surface area (Å²) in [5.74, 6) is -0.450. The normalized spacial score (nSPS) is 18.7. The summed E-state index contributed by atoms with van der Waals surface area (Å²) in [4.78, 5) is 12.2. The molecule has 1 aliphatic carbocycles. The number of furan rings is 1. The second-order valence-electron chi connectivity index (χ2n) is 6.21. The van der Waals surface area contributed by atoms with E-state index in [-0.39, 0.29) is 16.2 Å². The van der Waals surface area contributed by atoms with E-state index in [1.807, 2.05) is 0 Å². The first-order chi connectivity index (χ1) is 10.2. The zero-order valence-electron chi connectivity index (χ0n) is 12.5. The topological polar surface area (TPSA) is 102 Å². The molecule has 1 saturated carbocycles. The second-order valence-corrected chi connectivity index (χ2v) is 8.04. The van der Waals surface area contributed by atoms with Gasteiger partial charge in [-0.05, 0) is 29.9 Å². The molecule has 22 heavy (non-hydrogen) atoms. The molecular weight excluding hydrogens is 328 g/mol. The van der Waals surface area contributed by atoms with Crippen LogP contribution in [0.4, 0.5) is 0 Å². The van der Waals surface area contributed by atoms with Gasteiger partial charge in [-0.1, -0.05) is 32.6 Å². The molecule has 1 amide bonds. The molecule has 0 unspecified atom stereocenters. The summed E-state index contributed by atoms with van der Waals surface area (Å²) in [7, 11) is -4.02. The third-order valence-electron chi connectivity index (χ3n) is 4.18. The molecule has 0 saturated heterocycles. The number of carbonyl (C=O) groups is 1. The van der Waals surface area contributed by atoms with Crippen LogP contribution in [0.5, 0.6) is 0 Å². The lowest BCUT2D eigenvalue weighted by molar-refractivity contribution is 0.0928. The Morgan fingerprint density at radius 1 is 1.36 bits per heavy atom. The van der Waals surface area contributed by atoms with Crippen molar-refractivity contribution in [2.24, 2.45) is 10.6 Å². The molecule has 0 atom stereocenters. The fraction of sp³-hybridized carbons (Fsp3) is 0.643. The average Bonchev–Trinajstić information content (AvgIpc) is 2.69. The number of hydrogen-bond acceptors (Lipinski definition) is 4. The Kier molecular flexibility index (Phi) is 5.19. The molecule has 0 aromatic carbocycles. The molecule has 0 aliphatic heterocycles. The van der Waals surface area contributed by atoms with E-state index < -0.39 is 21.0 Å². The van der Waals surface area contributed by atoms with Crippen molar-refractivity contribution in [3.8, 4) is 0 Å². The number of primary sulfonamides is 1. The van der Waals surface area contributed by atoms with Gasteiger partial charge in [0.2, 0.25) is 10.3 Å². The smallest absolute Gasteiger partial charge is 0.271 e. The van der Waals surface area contributed by atoms with Gasteiger partial charge in [-0.25, -0.2) is 13.6 Å². The van der Waals surface area contributed by atoms with Gasteiger partial charge >= 0.3 is 0 Å². The third kappa shape index (κ3) is 4.24. The van der Waals surface area contributed by atoms with Crippen LogP contribution in [0, 0.1) is 5.41 Å². The van der Waals surface area contributed by atoms with E-state index in [4.69, 9.17) is 21.2 Å². The van der Waals surface area contributed by atoms with E-state index >= 15 is 0 Å². The third-order valence-corrected chi connectivity index (χ3v) is 5.22. The summed E-state index contributed by atoms with van der Waals surface area (Å²) < 4.78 is 27.2. The van der Waals surface area contributed by atoms with Crippen LogP contribution in [0.2, 0.25) is 5.22 Å². The Morgan fingerprint density at radius 2 is 1.95 bits per heavy atom. The zero-order valence-corrected chi connectivity index (χ0v) is 14.1. The highest BCUT2D eigenvalue weighted by Gasteiger charge is 2.28. The van der Waals surface area contributed by atoms with Crippen LogP contribution in [0.15, 0.2) is 15.6 Å². The van der Waals surface area contributed by atoms with E-state index in [1.165, 1.54) is 12.8 Å². The maximum Gasteiger partial charge on any atom is 0.271 e. The molecule has 1 aromatic heterocycles. The number of hydrogen-bond donors (Lipinski definition) is 2. The van der Waals surface area contributed by atoms with Crippen LogP contribution in [-0.2, 0) is 10.0 Å². The highest BCUT2D eigenvalue weighted by molar-refractivity contribution is 7.89. The summed E-state index contributed by atoms with van der Waals surface area (Å²) in [6.45, 7) is 2.68. The first-order valence-corrected chi connectivity index (χ1v) is 9.24. The van der Waals surface area contributed by atoms with Crippen LogP contribution in [0.25, 0.3) is 0 Å². The van der Waals surface area contributed by atoms with Crippen molar-refractivity contribution in [1.82, 2.24) is 5.32 Å². The van der Waals surface area contributed by atoms with Crippen molar-refractivity contribution >= 4 is 27.5 Å². The maximum absolute atomic E-state index is 12.2. The molecule has 2 rings (SSSR count). The van der Waals surface area contributed by atoms with E-state index in [1.54, 1.807) is 0 Å². The molecule has 1 aliphatic rings. The second kappa shape index (κ2) is 6.60. The van der Waals surface area contributed by atoms with Gasteiger partial charge in [0.15, 0.2) is 0 Å². The van der Waals surface area contributed by atoms with Crippen LogP contribution >= 0.6 is 11.6 Å². The number of amides is 1. The van der Waals surface area contributed by atoms with Crippen LogP contribution in [0.3, 0.4) is 0 Å². The van der Waals surface area contributed by atoms with Crippen molar-refractivity contribution in [1.29, 1.82) is 0 Å². The van der Waals surface area contributed by atoms with Crippen molar-refractivity contribution < 1.29 is 17.6 Å². The predicted octanol–water partition coefficient (Wildman–Crippen LogP) is 2.67. The Bertz CT molecular complexity index is 646. The van der Waals surface area contributed by atoms with Crippen molar-refractivity contribution in [2.45, 2.75) is 50.5 Å². The van der Waals surface area contributed by atoms with E-state index in [9.17, 15) is 13.2 Å². The van der Waals surface area contributed by atoms with Gasteiger partial charge in [-0.2, -0.15) is 0 Å². The summed E-state index contributed by atoms with van der Waals surface area (Å²) in [5.41, 5.74) is 0.0495. The van der Waals surface area contributed by atoms with Gasteiger partial charge in [0, 0.05) is 12.6 Å². The quantitative estimate of drug-likeness (QED) is 0.816. The molecule has 8 heteroatoms. The number of sulfonamides is 1. The average molecular weight is 349 g/mol. The van der Waals surface area contributed by atoms with E-state index in [0.29, 0.717) is 6.54 Å². The van der Waals surface area contributed by atoms with Gasteiger partial charge in [-0.3, -0.25) is 4.79 Å². The fourth-order valence-electron chi connectivity index (χ4n) is 2.79. The molecule has 3 N–H and O–H groups in total. The van der Waals surface area contributed by atoms with Crippen LogP contribution in [0.1, 0.15) is 55.8 Å². The summed E-state index contributed by atoms with van der Waals surface area (Å²) in [6, 6.07) is 1.06. The molecule has 1 aromatic rings. The van der Waals surface area contributed by atoms with Crippen LogP contribution in [-0.4, -0.2) is 20.9 Å². The first kappa shape index (κ1) is 17.3. The molecule has 1 fully saturated rings. The Hall–Kier alpha value is -1.05. The monoisotopic (exact) mass is 348 g/mol. The molecule has 6 nitrogen and oxygen atoms in total. The molecule has 0 radical (unpaired) electrons. The number of carbonyl (C=O) groups excluding carboxylic acids is 1. The van der Waals surface area contributed by atoms with Gasteiger partial charge in [0.1, 0.15) is 0 Å². The van der Waals surface area contributed by atoms with Crippen molar-refractivity contribution in [3.63, 3.8) is 0 Å². The Balaban J connectivity index is 2.05. The standard InChI is InChI=1S/C14H21ClN2O4S/c1-14(6-4-2-3-5-7-14)9-17-13(18)10-8-11(21-12(10)15)22(16,19)20/h8H,2-7,9H2,1H3,(H,17,18)(H2,16,19,20). The van der Waals surface area contributed by atoms with Crippen molar-refractivity contribution in [2.75, 3.05) is 6.54 Å². The SMILES string of the molecule is CC1(CNC(=O)c2cc(S(N)(=O)=O)oc2Cl)CCCCCC1. The Morgan fingerprint density at radius 3 is 2.45 bits per heavy atom. The molecule has 0 bridgehead atoms. The van der Waals surface area contributed by atoms with Crippen molar-refractivity contribution in [3.05, 3.63) is 16.8 Å². The van der Waals surface area contributed by atoms with Gasteiger partial charge < -0.3 is 9.73 Å². The highest BCUT2D eigenvalue weighted by Crippen LogP contribution is 2.34. The van der Waals surface area contributed by atoms with Gasteiger partial charge in [0.25, 0.3) is 15.9 Å². The molecular formula is C14H21ClN2O4S. The zero-order chi connectivity index (χ0) is 16.4. The number of nitrogens with one attached hydrogen (secondary N) is 1. The van der Waals surface area contributed by atoms with E-state index in [2.05, 4.69) is 12.2 Å². The van der Waals surface area contributed by atoms with Crippen LogP contribution < -0.4 is 10.5 Å². The van der Waals surface area contributed by atoms with Gasteiger partial charge in [-0.15, -0.1) is 0 Å². The number of rotatable bonds is 4. The molecule has 124 valence electrons. The van der Waals surface area contributed by atoms with E-state index in [0.717, 1.165) is 31.7 Å². The maximum atomic E-state index is 12.2. The molecule has 0 spiro atoms. The minimum Gasteiger partial charge on any atom is -0.431 e. The minimum absolute atomic E-state index is 0.0112. The Labute approximate surface area is 135 Å². The lowest BCUT2D eigenvalue weighted by Gasteiger charge is -2.28. The fourth-order valence-corrected chi connectivity index (χ4v) is 3.54.